The van der Waals surface area contributed by atoms with E-state index in [-0.39, 0.29) is 5.91 Å². The molecule has 27 heavy (non-hydrogen) atoms. The van der Waals surface area contributed by atoms with Gasteiger partial charge in [0.25, 0.3) is 5.91 Å². The molecule has 6 nitrogen and oxygen atoms in total. The first-order valence-electron chi connectivity index (χ1n) is 9.34. The molecular formula is C21H23N5O. The fourth-order valence-corrected chi connectivity index (χ4v) is 3.51. The molecule has 2 aromatic carbocycles. The molecule has 0 spiro atoms. The van der Waals surface area contributed by atoms with Gasteiger partial charge in [0.1, 0.15) is 0 Å². The summed E-state index contributed by atoms with van der Waals surface area (Å²) in [5.41, 5.74) is 5.13. The maximum absolute atomic E-state index is 12.7. The maximum Gasteiger partial charge on any atom is 0.278 e. The Hall–Kier alpha value is -3.15. The molecular weight excluding hydrogens is 338 g/mol. The van der Waals surface area contributed by atoms with Crippen LogP contribution >= 0.6 is 0 Å². The lowest BCUT2D eigenvalue weighted by Gasteiger charge is -2.18. The Labute approximate surface area is 158 Å². The van der Waals surface area contributed by atoms with Gasteiger partial charge in [0.15, 0.2) is 5.69 Å². The molecule has 4 rings (SSSR count). The molecule has 0 atom stereocenters. The number of nitrogens with one attached hydrogen (secondary N) is 1. The first-order chi connectivity index (χ1) is 13.2. The van der Waals surface area contributed by atoms with Crippen molar-refractivity contribution in [2.75, 3.05) is 23.3 Å². The van der Waals surface area contributed by atoms with E-state index in [1.165, 1.54) is 16.0 Å². The third-order valence-electron chi connectivity index (χ3n) is 4.81. The van der Waals surface area contributed by atoms with Crippen molar-refractivity contribution in [1.82, 2.24) is 15.0 Å². The number of hydrogen-bond acceptors (Lipinski definition) is 4. The van der Waals surface area contributed by atoms with Gasteiger partial charge in [-0.1, -0.05) is 25.1 Å². The van der Waals surface area contributed by atoms with E-state index in [4.69, 9.17) is 0 Å². The van der Waals surface area contributed by atoms with Gasteiger partial charge >= 0.3 is 0 Å². The Morgan fingerprint density at radius 2 is 1.96 bits per heavy atom. The third kappa shape index (κ3) is 3.43. The van der Waals surface area contributed by atoms with Crippen molar-refractivity contribution < 1.29 is 4.79 Å². The van der Waals surface area contributed by atoms with Crippen molar-refractivity contribution in [3.63, 3.8) is 0 Å². The number of aromatic nitrogens is 3. The fourth-order valence-electron chi connectivity index (χ4n) is 3.51. The van der Waals surface area contributed by atoms with E-state index in [2.05, 4.69) is 39.5 Å². The lowest BCUT2D eigenvalue weighted by Crippen LogP contribution is -2.20. The average Bonchev–Trinajstić information content (AvgIpc) is 3.26. The van der Waals surface area contributed by atoms with Crippen LogP contribution in [0.25, 0.3) is 5.69 Å². The summed E-state index contributed by atoms with van der Waals surface area (Å²) in [5.74, 6) is -0.238. The summed E-state index contributed by atoms with van der Waals surface area (Å²) >= 11 is 0. The summed E-state index contributed by atoms with van der Waals surface area (Å²) in [4.78, 5) is 16.6. The molecule has 2 heterocycles. The second-order valence-electron chi connectivity index (χ2n) is 6.79. The van der Waals surface area contributed by atoms with Gasteiger partial charge < -0.3 is 10.2 Å². The number of hydrogen-bond donors (Lipinski definition) is 1. The van der Waals surface area contributed by atoms with Crippen LogP contribution < -0.4 is 10.2 Å². The number of rotatable bonds is 5. The van der Waals surface area contributed by atoms with Crippen LogP contribution in [0.4, 0.5) is 11.4 Å². The Balaban J connectivity index is 1.53. The molecule has 6 heteroatoms. The normalized spacial score (nSPS) is 12.9. The van der Waals surface area contributed by atoms with Crippen LogP contribution in [0.1, 0.15) is 35.1 Å². The van der Waals surface area contributed by atoms with Gasteiger partial charge in [0.05, 0.1) is 11.4 Å². The van der Waals surface area contributed by atoms with Gasteiger partial charge in [-0.15, -0.1) is 5.10 Å². The highest BCUT2D eigenvalue weighted by Crippen LogP contribution is 2.30. The lowest BCUT2D eigenvalue weighted by molar-refractivity contribution is 0.102. The van der Waals surface area contributed by atoms with E-state index in [1.807, 2.05) is 36.4 Å². The molecule has 138 valence electrons. The van der Waals surface area contributed by atoms with Crippen molar-refractivity contribution in [1.29, 1.82) is 0 Å². The number of carbonyl (C=O) groups excluding carboxylic acids is 1. The molecule has 3 aromatic rings. The Bertz CT molecular complexity index is 964. The zero-order chi connectivity index (χ0) is 18.8. The predicted molar refractivity (Wildman–Crippen MR) is 107 cm³/mol. The Kier molecular flexibility index (Phi) is 4.62. The second kappa shape index (κ2) is 7.23. The predicted octanol–water partition coefficient (Wildman–Crippen LogP) is 3.60. The van der Waals surface area contributed by atoms with Gasteiger partial charge in [0, 0.05) is 24.5 Å². The van der Waals surface area contributed by atoms with Gasteiger partial charge in [-0.3, -0.25) is 4.79 Å². The maximum atomic E-state index is 12.7. The van der Waals surface area contributed by atoms with Gasteiger partial charge in [-0.05, 0) is 55.7 Å². The van der Waals surface area contributed by atoms with Crippen molar-refractivity contribution in [3.8, 4) is 5.69 Å². The highest BCUT2D eigenvalue weighted by atomic mass is 16.2. The van der Waals surface area contributed by atoms with E-state index in [0.29, 0.717) is 11.4 Å². The molecule has 1 aromatic heterocycles. The number of fused-ring (bicyclic) bond motifs is 1. The minimum absolute atomic E-state index is 0.238. The standard InChI is InChI=1S/C21H23N5O/c1-3-12-25-13-11-16-14-17(9-10-19(16)25)22-21(27)20-15(2)23-26(24-20)18-7-5-4-6-8-18/h4-10,14H,3,11-13H2,1-2H3,(H,22,27). The molecule has 1 aliphatic heterocycles. The van der Waals surface area contributed by atoms with Gasteiger partial charge in [0.2, 0.25) is 0 Å². The number of anilines is 2. The fraction of sp³-hybridized carbons (Fsp3) is 0.286. The quantitative estimate of drug-likeness (QED) is 0.754. The Morgan fingerprint density at radius 3 is 2.74 bits per heavy atom. The SMILES string of the molecule is CCCN1CCc2cc(NC(=O)c3nn(-c4ccccc4)nc3C)ccc21. The summed E-state index contributed by atoms with van der Waals surface area (Å²) in [6.07, 6.45) is 2.15. The van der Waals surface area contributed by atoms with E-state index >= 15 is 0 Å². The topological polar surface area (TPSA) is 63.1 Å². The number of nitrogens with zero attached hydrogens (tertiary/aromatic N) is 4. The number of para-hydroxylation sites is 1. The number of amides is 1. The van der Waals surface area contributed by atoms with Gasteiger partial charge in [-0.25, -0.2) is 0 Å². The minimum atomic E-state index is -0.238. The van der Waals surface area contributed by atoms with Crippen LogP contribution in [-0.4, -0.2) is 34.0 Å². The number of aryl methyl sites for hydroxylation is 1. The van der Waals surface area contributed by atoms with Crippen molar-refractivity contribution >= 4 is 17.3 Å². The zero-order valence-electron chi connectivity index (χ0n) is 15.6. The van der Waals surface area contributed by atoms with E-state index in [1.54, 1.807) is 6.92 Å². The van der Waals surface area contributed by atoms with Gasteiger partial charge in [-0.2, -0.15) is 9.90 Å². The molecule has 0 saturated carbocycles. The summed E-state index contributed by atoms with van der Waals surface area (Å²) < 4.78 is 0. The highest BCUT2D eigenvalue weighted by Gasteiger charge is 2.20. The van der Waals surface area contributed by atoms with Crippen LogP contribution in [0.3, 0.4) is 0 Å². The zero-order valence-corrected chi connectivity index (χ0v) is 15.6. The van der Waals surface area contributed by atoms with E-state index < -0.39 is 0 Å². The molecule has 0 aliphatic carbocycles. The monoisotopic (exact) mass is 361 g/mol. The molecule has 0 saturated heterocycles. The summed E-state index contributed by atoms with van der Waals surface area (Å²) in [7, 11) is 0. The second-order valence-corrected chi connectivity index (χ2v) is 6.79. The molecule has 0 radical (unpaired) electrons. The molecule has 0 bridgehead atoms. The lowest BCUT2D eigenvalue weighted by atomic mass is 10.1. The van der Waals surface area contributed by atoms with Crippen LogP contribution in [-0.2, 0) is 6.42 Å². The highest BCUT2D eigenvalue weighted by molar-refractivity contribution is 6.03. The van der Waals surface area contributed by atoms with Crippen molar-refractivity contribution in [3.05, 3.63) is 65.5 Å². The molecule has 0 fully saturated rings. The minimum Gasteiger partial charge on any atom is -0.371 e. The Morgan fingerprint density at radius 1 is 1.15 bits per heavy atom. The van der Waals surface area contributed by atoms with Crippen LogP contribution in [0.2, 0.25) is 0 Å². The first kappa shape index (κ1) is 17.3. The smallest absolute Gasteiger partial charge is 0.278 e. The van der Waals surface area contributed by atoms with Crippen molar-refractivity contribution in [2.24, 2.45) is 0 Å². The average molecular weight is 361 g/mol. The molecule has 1 amide bonds. The number of carbonyl (C=O) groups is 1. The van der Waals surface area contributed by atoms with Crippen LogP contribution in [0, 0.1) is 6.92 Å². The summed E-state index contributed by atoms with van der Waals surface area (Å²) in [6.45, 7) is 6.11. The van der Waals surface area contributed by atoms with Crippen LogP contribution in [0.15, 0.2) is 48.5 Å². The summed E-state index contributed by atoms with van der Waals surface area (Å²) in [6, 6.07) is 15.7. The molecule has 1 aliphatic rings. The summed E-state index contributed by atoms with van der Waals surface area (Å²) in [5, 5.41) is 11.7. The molecule has 0 unspecified atom stereocenters. The number of benzene rings is 2. The van der Waals surface area contributed by atoms with Crippen LogP contribution in [0.5, 0.6) is 0 Å². The van der Waals surface area contributed by atoms with E-state index in [0.717, 1.165) is 37.3 Å². The van der Waals surface area contributed by atoms with E-state index in [9.17, 15) is 4.79 Å². The third-order valence-corrected chi connectivity index (χ3v) is 4.81. The first-order valence-corrected chi connectivity index (χ1v) is 9.34. The largest absolute Gasteiger partial charge is 0.371 e. The van der Waals surface area contributed by atoms with Crippen molar-refractivity contribution in [2.45, 2.75) is 26.7 Å². The molecule has 1 N–H and O–H groups in total.